The van der Waals surface area contributed by atoms with E-state index in [2.05, 4.69) is 9.97 Å². The van der Waals surface area contributed by atoms with Crippen molar-refractivity contribution in [2.75, 3.05) is 4.90 Å². The van der Waals surface area contributed by atoms with E-state index in [0.717, 1.165) is 27.3 Å². The highest BCUT2D eigenvalue weighted by atomic mass is 32.1. The fraction of sp³-hybridized carbons (Fsp3) is 0.217. The van der Waals surface area contributed by atoms with E-state index >= 15 is 0 Å². The van der Waals surface area contributed by atoms with E-state index in [1.165, 1.54) is 11.3 Å². The highest BCUT2D eigenvalue weighted by Gasteiger charge is 2.45. The smallest absolute Gasteiger partial charge is 0.297 e. The van der Waals surface area contributed by atoms with Crippen molar-refractivity contribution < 1.29 is 9.21 Å². The highest BCUT2D eigenvalue weighted by Crippen LogP contribution is 2.42. The van der Waals surface area contributed by atoms with Gasteiger partial charge in [-0.05, 0) is 62.6 Å². The molecule has 30 heavy (non-hydrogen) atoms. The summed E-state index contributed by atoms with van der Waals surface area (Å²) in [6.45, 7) is 7.78. The Morgan fingerprint density at radius 2 is 1.87 bits per heavy atom. The van der Waals surface area contributed by atoms with Crippen LogP contribution < -0.4 is 10.3 Å². The lowest BCUT2D eigenvalue weighted by atomic mass is 9.99. The van der Waals surface area contributed by atoms with Crippen LogP contribution in [0.5, 0.6) is 0 Å². The Morgan fingerprint density at radius 3 is 2.53 bits per heavy atom. The van der Waals surface area contributed by atoms with Crippen LogP contribution in [0.2, 0.25) is 0 Å². The molecule has 4 heterocycles. The van der Waals surface area contributed by atoms with E-state index in [-0.39, 0.29) is 17.1 Å². The zero-order valence-electron chi connectivity index (χ0n) is 17.0. The molecule has 0 N–H and O–H groups in total. The minimum absolute atomic E-state index is 0.0788. The number of benzene rings is 1. The average molecular weight is 417 g/mol. The SMILES string of the molecule is Cc1cc2oc3c(c(=O)c2cc1C)C(c1cccnc1)N(c1nc(C)c(C)s1)C3=O. The van der Waals surface area contributed by atoms with Crippen molar-refractivity contribution in [2.45, 2.75) is 33.7 Å². The summed E-state index contributed by atoms with van der Waals surface area (Å²) in [6.07, 6.45) is 3.34. The van der Waals surface area contributed by atoms with Crippen LogP contribution in [0.4, 0.5) is 5.13 Å². The standard InChI is InChI=1S/C23H19N3O3S/c1-11-8-16-17(9-12(11)2)29-21-18(20(16)27)19(15-6-5-7-24-10-15)26(22(21)28)23-25-13(3)14(4)30-23/h5-10,19H,1-4H3. The molecule has 0 aliphatic carbocycles. The van der Waals surface area contributed by atoms with Gasteiger partial charge in [-0.25, -0.2) is 4.98 Å². The number of hydrogen-bond donors (Lipinski definition) is 0. The maximum absolute atomic E-state index is 13.6. The number of anilines is 1. The van der Waals surface area contributed by atoms with Gasteiger partial charge >= 0.3 is 0 Å². The van der Waals surface area contributed by atoms with Crippen molar-refractivity contribution in [3.8, 4) is 0 Å². The van der Waals surface area contributed by atoms with E-state index in [1.807, 2.05) is 45.9 Å². The van der Waals surface area contributed by atoms with Gasteiger partial charge in [0.05, 0.1) is 22.7 Å². The Morgan fingerprint density at radius 1 is 1.10 bits per heavy atom. The fourth-order valence-corrected chi connectivity index (χ4v) is 4.77. The van der Waals surface area contributed by atoms with Crippen LogP contribution in [0.1, 0.15) is 49.4 Å². The maximum atomic E-state index is 13.6. The van der Waals surface area contributed by atoms with Crippen molar-refractivity contribution in [1.82, 2.24) is 9.97 Å². The van der Waals surface area contributed by atoms with Gasteiger partial charge in [0.15, 0.2) is 10.6 Å². The molecule has 0 spiro atoms. The number of rotatable bonds is 2. The molecule has 1 atom stereocenters. The van der Waals surface area contributed by atoms with Gasteiger partial charge in [0.25, 0.3) is 5.91 Å². The summed E-state index contributed by atoms with van der Waals surface area (Å²) in [5, 5.41) is 1.03. The summed E-state index contributed by atoms with van der Waals surface area (Å²) in [5.41, 5.74) is 4.18. The van der Waals surface area contributed by atoms with E-state index in [9.17, 15) is 9.59 Å². The molecule has 1 aliphatic heterocycles. The molecule has 7 heteroatoms. The second-order valence-corrected chi connectivity index (χ2v) is 8.79. The summed E-state index contributed by atoms with van der Waals surface area (Å²) in [7, 11) is 0. The number of hydrogen-bond acceptors (Lipinski definition) is 6. The zero-order chi connectivity index (χ0) is 21.2. The van der Waals surface area contributed by atoms with Gasteiger partial charge in [0.1, 0.15) is 5.58 Å². The molecule has 3 aromatic heterocycles. The van der Waals surface area contributed by atoms with E-state index in [0.29, 0.717) is 21.7 Å². The summed E-state index contributed by atoms with van der Waals surface area (Å²) in [5.74, 6) is -0.278. The van der Waals surface area contributed by atoms with E-state index < -0.39 is 6.04 Å². The van der Waals surface area contributed by atoms with Crippen LogP contribution >= 0.6 is 11.3 Å². The number of fused-ring (bicyclic) bond motifs is 2. The van der Waals surface area contributed by atoms with Crippen LogP contribution in [0, 0.1) is 27.7 Å². The van der Waals surface area contributed by atoms with Crippen molar-refractivity contribution in [2.24, 2.45) is 0 Å². The van der Waals surface area contributed by atoms with Crippen LogP contribution in [0.3, 0.4) is 0 Å². The molecule has 0 fully saturated rings. The highest BCUT2D eigenvalue weighted by molar-refractivity contribution is 7.15. The Balaban J connectivity index is 1.84. The van der Waals surface area contributed by atoms with Gasteiger partial charge in [-0.2, -0.15) is 0 Å². The van der Waals surface area contributed by atoms with Gasteiger partial charge in [0.2, 0.25) is 5.76 Å². The van der Waals surface area contributed by atoms with Gasteiger partial charge < -0.3 is 4.42 Å². The molecule has 0 bridgehead atoms. The molecule has 1 aliphatic rings. The largest absolute Gasteiger partial charge is 0.450 e. The monoisotopic (exact) mass is 417 g/mol. The van der Waals surface area contributed by atoms with Gasteiger partial charge in [0, 0.05) is 17.3 Å². The summed E-state index contributed by atoms with van der Waals surface area (Å²) >= 11 is 1.43. The number of aryl methyl sites for hydroxylation is 4. The van der Waals surface area contributed by atoms with E-state index in [4.69, 9.17) is 4.42 Å². The molecule has 1 unspecified atom stereocenters. The minimum Gasteiger partial charge on any atom is -0.450 e. The van der Waals surface area contributed by atoms with Gasteiger partial charge in [-0.1, -0.05) is 6.07 Å². The lowest BCUT2D eigenvalue weighted by Gasteiger charge is -2.22. The number of carbonyl (C=O) groups excluding carboxylic acids is 1. The zero-order valence-corrected chi connectivity index (χ0v) is 17.8. The van der Waals surface area contributed by atoms with E-state index in [1.54, 1.807) is 23.4 Å². The first-order valence-electron chi connectivity index (χ1n) is 9.62. The third-order valence-corrected chi connectivity index (χ3v) is 6.78. The molecule has 150 valence electrons. The normalized spacial score (nSPS) is 15.8. The van der Waals surface area contributed by atoms with Gasteiger partial charge in [-0.3, -0.25) is 19.5 Å². The molecule has 6 nitrogen and oxygen atoms in total. The first-order chi connectivity index (χ1) is 14.4. The molecule has 0 saturated heterocycles. The Kier molecular flexibility index (Phi) is 4.11. The van der Waals surface area contributed by atoms with Crippen molar-refractivity contribution in [3.63, 3.8) is 0 Å². The molecule has 4 aromatic rings. The third kappa shape index (κ3) is 2.62. The Bertz CT molecular complexity index is 1370. The molecule has 1 aromatic carbocycles. The first-order valence-corrected chi connectivity index (χ1v) is 10.4. The maximum Gasteiger partial charge on any atom is 0.297 e. The molecule has 5 rings (SSSR count). The molecule has 1 amide bonds. The number of aromatic nitrogens is 2. The minimum atomic E-state index is -0.631. The van der Waals surface area contributed by atoms with Crippen molar-refractivity contribution >= 4 is 33.3 Å². The molecular formula is C23H19N3O3S. The second-order valence-electron chi connectivity index (χ2n) is 7.61. The third-order valence-electron chi connectivity index (χ3n) is 5.71. The summed E-state index contributed by atoms with van der Waals surface area (Å²) < 4.78 is 6.04. The number of pyridine rings is 1. The summed E-state index contributed by atoms with van der Waals surface area (Å²) in [4.78, 5) is 38.5. The Hall–Kier alpha value is -3.32. The van der Waals surface area contributed by atoms with Crippen LogP contribution in [0.15, 0.2) is 45.9 Å². The van der Waals surface area contributed by atoms with Crippen molar-refractivity contribution in [1.29, 1.82) is 0 Å². The number of thiazole rings is 1. The fourth-order valence-electron chi connectivity index (χ4n) is 3.84. The van der Waals surface area contributed by atoms with Gasteiger partial charge in [-0.15, -0.1) is 11.3 Å². The Labute approximate surface area is 176 Å². The van der Waals surface area contributed by atoms with Crippen LogP contribution in [-0.4, -0.2) is 15.9 Å². The topological polar surface area (TPSA) is 76.3 Å². The number of nitrogens with zero attached hydrogens (tertiary/aromatic N) is 3. The molecule has 0 saturated carbocycles. The van der Waals surface area contributed by atoms with Crippen molar-refractivity contribution in [3.05, 3.63) is 85.5 Å². The predicted molar refractivity (Wildman–Crippen MR) is 116 cm³/mol. The van der Waals surface area contributed by atoms with Crippen LogP contribution in [-0.2, 0) is 0 Å². The first kappa shape index (κ1) is 18.7. The quantitative estimate of drug-likeness (QED) is 0.475. The lowest BCUT2D eigenvalue weighted by Crippen LogP contribution is -2.29. The van der Waals surface area contributed by atoms with Crippen LogP contribution in [0.25, 0.3) is 11.0 Å². The average Bonchev–Trinajstić information content (AvgIpc) is 3.21. The number of carbonyl (C=O) groups is 1. The summed E-state index contributed by atoms with van der Waals surface area (Å²) in [6, 6.07) is 6.68. The second kappa shape index (κ2) is 6.60. The molecular weight excluding hydrogens is 398 g/mol. The predicted octanol–water partition coefficient (Wildman–Crippen LogP) is 4.63. The number of amides is 1. The molecule has 0 radical (unpaired) electrons. The lowest BCUT2D eigenvalue weighted by molar-refractivity contribution is 0.0971.